The molecule has 2 aromatic rings. The number of nitrogens with one attached hydrogen (secondary N) is 1. The van der Waals surface area contributed by atoms with Gasteiger partial charge in [-0.05, 0) is 44.5 Å². The maximum atomic E-state index is 9.13. The summed E-state index contributed by atoms with van der Waals surface area (Å²) in [5.41, 5.74) is 1.49. The summed E-state index contributed by atoms with van der Waals surface area (Å²) in [5, 5.41) is 12.3. The predicted octanol–water partition coefficient (Wildman–Crippen LogP) is 3.34. The summed E-state index contributed by atoms with van der Waals surface area (Å²) in [4.78, 5) is 4.21. The molecule has 0 radical (unpaired) electrons. The maximum Gasteiger partial charge on any atom is 0.144 e. The molecule has 18 heavy (non-hydrogen) atoms. The number of hydrogen-bond acceptors (Lipinski definition) is 4. The number of aryl methyl sites for hydroxylation is 2. The highest BCUT2D eigenvalue weighted by Crippen LogP contribution is 2.23. The minimum atomic E-state index is -0.0277. The molecule has 0 saturated heterocycles. The number of aromatic nitrogens is 1. The second-order valence-corrected chi connectivity index (χ2v) is 4.28. The molecule has 4 nitrogen and oxygen atoms in total. The van der Waals surface area contributed by atoms with Crippen LogP contribution in [0.1, 0.15) is 35.6 Å². The highest BCUT2D eigenvalue weighted by Gasteiger charge is 2.13. The number of rotatable bonds is 3. The Kier molecular flexibility index (Phi) is 3.33. The lowest BCUT2D eigenvalue weighted by atomic mass is 10.1. The van der Waals surface area contributed by atoms with Crippen LogP contribution in [0.15, 0.2) is 28.8 Å². The third-order valence-corrected chi connectivity index (χ3v) is 2.81. The van der Waals surface area contributed by atoms with Crippen LogP contribution >= 0.6 is 0 Å². The van der Waals surface area contributed by atoms with Gasteiger partial charge in [0.1, 0.15) is 23.4 Å². The van der Waals surface area contributed by atoms with Crippen molar-refractivity contribution in [2.45, 2.75) is 26.8 Å². The first kappa shape index (κ1) is 12.2. The molecule has 4 heteroatoms. The molecule has 2 aromatic heterocycles. The largest absolute Gasteiger partial charge is 0.464 e. The van der Waals surface area contributed by atoms with Crippen LogP contribution in [0.3, 0.4) is 0 Å². The third kappa shape index (κ3) is 2.35. The molecular formula is C14H15N3O. The minimum absolute atomic E-state index is 0.0277. The van der Waals surface area contributed by atoms with E-state index in [0.717, 1.165) is 17.1 Å². The molecule has 1 N–H and O–H groups in total. The quantitative estimate of drug-likeness (QED) is 0.895. The number of nitrogens with zero attached hydrogens (tertiary/aromatic N) is 2. The molecule has 0 aromatic carbocycles. The summed E-state index contributed by atoms with van der Waals surface area (Å²) in [7, 11) is 0. The molecule has 0 aliphatic carbocycles. The van der Waals surface area contributed by atoms with Crippen LogP contribution in [-0.4, -0.2) is 4.98 Å². The van der Waals surface area contributed by atoms with Crippen LogP contribution < -0.4 is 5.32 Å². The van der Waals surface area contributed by atoms with E-state index in [4.69, 9.17) is 9.68 Å². The molecule has 92 valence electrons. The van der Waals surface area contributed by atoms with Crippen molar-refractivity contribution in [3.05, 3.63) is 47.0 Å². The van der Waals surface area contributed by atoms with Gasteiger partial charge in [-0.1, -0.05) is 0 Å². The Morgan fingerprint density at radius 1 is 1.33 bits per heavy atom. The number of hydrogen-bond donors (Lipinski definition) is 1. The van der Waals surface area contributed by atoms with Gasteiger partial charge in [0.25, 0.3) is 0 Å². The first-order chi connectivity index (χ1) is 8.61. The predicted molar refractivity (Wildman–Crippen MR) is 69.2 cm³/mol. The zero-order valence-electron chi connectivity index (χ0n) is 10.7. The summed E-state index contributed by atoms with van der Waals surface area (Å²) < 4.78 is 5.55. The van der Waals surface area contributed by atoms with Crippen molar-refractivity contribution in [3.8, 4) is 6.07 Å². The average Bonchev–Trinajstić information content (AvgIpc) is 2.76. The number of nitriles is 1. The molecule has 0 aliphatic heterocycles. The van der Waals surface area contributed by atoms with Crippen molar-refractivity contribution in [3.63, 3.8) is 0 Å². The Morgan fingerprint density at radius 2 is 2.11 bits per heavy atom. The topological polar surface area (TPSA) is 61.9 Å². The Hall–Kier alpha value is -2.28. The molecule has 0 bridgehead atoms. The van der Waals surface area contributed by atoms with Crippen molar-refractivity contribution >= 4 is 5.82 Å². The van der Waals surface area contributed by atoms with Crippen LogP contribution in [0.2, 0.25) is 0 Å². The molecule has 0 aliphatic rings. The number of pyridine rings is 1. The maximum absolute atomic E-state index is 9.13. The van der Waals surface area contributed by atoms with Crippen LogP contribution in [-0.2, 0) is 0 Å². The Morgan fingerprint density at radius 3 is 2.72 bits per heavy atom. The molecule has 0 saturated carbocycles. The second kappa shape index (κ2) is 4.92. The molecular weight excluding hydrogens is 226 g/mol. The van der Waals surface area contributed by atoms with E-state index in [1.165, 1.54) is 0 Å². The van der Waals surface area contributed by atoms with Gasteiger partial charge >= 0.3 is 0 Å². The Balaban J connectivity index is 2.25. The lowest BCUT2D eigenvalue weighted by Crippen LogP contribution is -2.09. The highest BCUT2D eigenvalue weighted by molar-refractivity contribution is 5.56. The number of furan rings is 1. The van der Waals surface area contributed by atoms with E-state index < -0.39 is 0 Å². The summed E-state index contributed by atoms with van der Waals surface area (Å²) in [6.07, 6.45) is 1.69. The zero-order valence-corrected chi connectivity index (χ0v) is 10.7. The highest BCUT2D eigenvalue weighted by atomic mass is 16.3. The lowest BCUT2D eigenvalue weighted by Gasteiger charge is -2.13. The van der Waals surface area contributed by atoms with Crippen LogP contribution in [0.5, 0.6) is 0 Å². The van der Waals surface area contributed by atoms with E-state index >= 15 is 0 Å². The van der Waals surface area contributed by atoms with Crippen molar-refractivity contribution < 1.29 is 4.42 Å². The van der Waals surface area contributed by atoms with Crippen molar-refractivity contribution in [1.82, 2.24) is 4.98 Å². The van der Waals surface area contributed by atoms with Crippen LogP contribution in [0.4, 0.5) is 5.82 Å². The Bertz CT molecular complexity index is 595. The fraction of sp³-hybridized carbons (Fsp3) is 0.286. The monoisotopic (exact) mass is 241 g/mol. The van der Waals surface area contributed by atoms with E-state index in [0.29, 0.717) is 11.4 Å². The zero-order chi connectivity index (χ0) is 13.1. The Labute approximate surface area is 106 Å². The third-order valence-electron chi connectivity index (χ3n) is 2.81. The fourth-order valence-electron chi connectivity index (χ4n) is 1.77. The lowest BCUT2D eigenvalue weighted by molar-refractivity contribution is 0.466. The van der Waals surface area contributed by atoms with Gasteiger partial charge in [0, 0.05) is 6.20 Å². The smallest absolute Gasteiger partial charge is 0.144 e. The van der Waals surface area contributed by atoms with Crippen LogP contribution in [0.25, 0.3) is 0 Å². The van der Waals surface area contributed by atoms with Crippen molar-refractivity contribution in [2.75, 3.05) is 5.32 Å². The van der Waals surface area contributed by atoms with Crippen molar-refractivity contribution in [2.24, 2.45) is 0 Å². The van der Waals surface area contributed by atoms with Gasteiger partial charge in [0.15, 0.2) is 0 Å². The summed E-state index contributed by atoms with van der Waals surface area (Å²) in [5.74, 6) is 2.30. The molecule has 1 atom stereocenters. The standard InChI is InChI=1S/C14H15N3O/c1-9-6-7-16-14(12(9)8-15)17-11(3)13-5-4-10(2)18-13/h4-7,11H,1-3H3,(H,16,17). The molecule has 2 rings (SSSR count). The molecule has 1 unspecified atom stereocenters. The van der Waals surface area contributed by atoms with E-state index in [9.17, 15) is 0 Å². The minimum Gasteiger partial charge on any atom is -0.464 e. The van der Waals surface area contributed by atoms with Crippen molar-refractivity contribution in [1.29, 1.82) is 5.26 Å². The van der Waals surface area contributed by atoms with Gasteiger partial charge in [-0.15, -0.1) is 0 Å². The van der Waals surface area contributed by atoms with Gasteiger partial charge in [-0.25, -0.2) is 4.98 Å². The van der Waals surface area contributed by atoms with Gasteiger partial charge in [0.2, 0.25) is 0 Å². The normalized spacial score (nSPS) is 11.9. The molecule has 0 spiro atoms. The first-order valence-electron chi connectivity index (χ1n) is 5.80. The second-order valence-electron chi connectivity index (χ2n) is 4.28. The SMILES string of the molecule is Cc1ccc(C(C)Nc2nccc(C)c2C#N)o1. The van der Waals surface area contributed by atoms with Gasteiger partial charge < -0.3 is 9.73 Å². The first-order valence-corrected chi connectivity index (χ1v) is 5.80. The van der Waals surface area contributed by atoms with E-state index in [2.05, 4.69) is 16.4 Å². The summed E-state index contributed by atoms with van der Waals surface area (Å²) in [6, 6.07) is 7.81. The summed E-state index contributed by atoms with van der Waals surface area (Å²) >= 11 is 0. The molecule has 0 amide bonds. The van der Waals surface area contributed by atoms with E-state index in [-0.39, 0.29) is 6.04 Å². The molecule has 2 heterocycles. The number of anilines is 1. The van der Waals surface area contributed by atoms with Gasteiger partial charge in [0.05, 0.1) is 11.6 Å². The molecule has 0 fully saturated rings. The summed E-state index contributed by atoms with van der Waals surface area (Å²) in [6.45, 7) is 5.78. The van der Waals surface area contributed by atoms with E-state index in [1.54, 1.807) is 6.20 Å². The average molecular weight is 241 g/mol. The fourth-order valence-corrected chi connectivity index (χ4v) is 1.77. The van der Waals surface area contributed by atoms with E-state index in [1.807, 2.05) is 39.0 Å². The van der Waals surface area contributed by atoms with Gasteiger partial charge in [-0.3, -0.25) is 0 Å². The van der Waals surface area contributed by atoms with Crippen LogP contribution in [0, 0.1) is 25.2 Å². The van der Waals surface area contributed by atoms with Gasteiger partial charge in [-0.2, -0.15) is 5.26 Å².